The SMILES string of the molecule is CCCOCCOCCOCCN(O)CCOCCOCCOCCC. The molecule has 0 aliphatic rings. The van der Waals surface area contributed by atoms with Crippen molar-refractivity contribution >= 4 is 0 Å². The summed E-state index contributed by atoms with van der Waals surface area (Å²) in [6, 6.07) is 0. The van der Waals surface area contributed by atoms with E-state index in [1.807, 2.05) is 0 Å². The first kappa shape index (κ1) is 25.7. The number of nitrogens with zero attached hydrogens (tertiary/aromatic N) is 1. The minimum absolute atomic E-state index is 0.439. The largest absolute Gasteiger partial charge is 0.379 e. The van der Waals surface area contributed by atoms with E-state index in [1.165, 1.54) is 5.06 Å². The van der Waals surface area contributed by atoms with E-state index in [9.17, 15) is 5.21 Å². The van der Waals surface area contributed by atoms with Gasteiger partial charge in [0.1, 0.15) is 0 Å². The molecule has 0 heterocycles. The number of rotatable bonds is 22. The average molecular weight is 382 g/mol. The monoisotopic (exact) mass is 381 g/mol. The third-order valence-corrected chi connectivity index (χ3v) is 3.17. The standard InChI is InChI=1S/C18H39NO7/c1-3-7-21-11-15-25-17-13-23-9-5-19(20)6-10-24-14-18-26-16-12-22-8-4-2/h20H,3-18H2,1-2H3. The molecule has 26 heavy (non-hydrogen) atoms. The first-order chi connectivity index (χ1) is 12.8. The average Bonchev–Trinajstić information content (AvgIpc) is 2.64. The van der Waals surface area contributed by atoms with Gasteiger partial charge < -0.3 is 33.6 Å². The molecule has 8 nitrogen and oxygen atoms in total. The summed E-state index contributed by atoms with van der Waals surface area (Å²) in [7, 11) is 0. The summed E-state index contributed by atoms with van der Waals surface area (Å²) in [4.78, 5) is 0. The minimum Gasteiger partial charge on any atom is -0.379 e. The zero-order chi connectivity index (χ0) is 19.1. The summed E-state index contributed by atoms with van der Waals surface area (Å²) in [5, 5.41) is 10.9. The Morgan fingerprint density at radius 1 is 0.462 bits per heavy atom. The lowest BCUT2D eigenvalue weighted by Crippen LogP contribution is -2.28. The Kier molecular flexibility index (Phi) is 22.4. The van der Waals surface area contributed by atoms with Gasteiger partial charge in [-0.2, -0.15) is 5.06 Å². The summed E-state index contributed by atoms with van der Waals surface area (Å²) in [5.74, 6) is 0. The molecule has 0 fully saturated rings. The van der Waals surface area contributed by atoms with Crippen molar-refractivity contribution in [1.82, 2.24) is 5.06 Å². The highest BCUT2D eigenvalue weighted by Gasteiger charge is 2.00. The Hall–Kier alpha value is -0.320. The lowest BCUT2D eigenvalue weighted by molar-refractivity contribution is -0.118. The van der Waals surface area contributed by atoms with E-state index in [-0.39, 0.29) is 0 Å². The Balaban J connectivity index is 3.12. The summed E-state index contributed by atoms with van der Waals surface area (Å²) in [5.41, 5.74) is 0. The van der Waals surface area contributed by atoms with Crippen LogP contribution in [-0.2, 0) is 28.4 Å². The Morgan fingerprint density at radius 2 is 0.731 bits per heavy atom. The molecule has 0 aliphatic carbocycles. The van der Waals surface area contributed by atoms with Crippen molar-refractivity contribution in [2.45, 2.75) is 26.7 Å². The molecule has 0 amide bonds. The second kappa shape index (κ2) is 22.7. The van der Waals surface area contributed by atoms with E-state index < -0.39 is 0 Å². The molecule has 0 unspecified atom stereocenters. The molecule has 0 atom stereocenters. The topological polar surface area (TPSA) is 78.9 Å². The highest BCUT2D eigenvalue weighted by Crippen LogP contribution is 1.88. The number of hydrogen-bond donors (Lipinski definition) is 1. The normalized spacial score (nSPS) is 11.5. The summed E-state index contributed by atoms with van der Waals surface area (Å²) in [6.07, 6.45) is 2.04. The van der Waals surface area contributed by atoms with Gasteiger partial charge in [0.25, 0.3) is 0 Å². The van der Waals surface area contributed by atoms with E-state index in [0.717, 1.165) is 26.1 Å². The lowest BCUT2D eigenvalue weighted by atomic mass is 10.5. The highest BCUT2D eigenvalue weighted by atomic mass is 16.6. The second-order valence-electron chi connectivity index (χ2n) is 5.63. The van der Waals surface area contributed by atoms with Gasteiger partial charge in [-0.3, -0.25) is 0 Å². The predicted molar refractivity (Wildman–Crippen MR) is 98.9 cm³/mol. The van der Waals surface area contributed by atoms with E-state index >= 15 is 0 Å². The maximum absolute atomic E-state index is 9.67. The van der Waals surface area contributed by atoms with Gasteiger partial charge in [-0.1, -0.05) is 13.8 Å². The number of hydrogen-bond acceptors (Lipinski definition) is 8. The molecule has 158 valence electrons. The van der Waals surface area contributed by atoms with E-state index in [2.05, 4.69) is 13.8 Å². The van der Waals surface area contributed by atoms with Gasteiger partial charge in [-0.15, -0.1) is 0 Å². The van der Waals surface area contributed by atoms with Crippen molar-refractivity contribution in [2.24, 2.45) is 0 Å². The molecular weight excluding hydrogens is 342 g/mol. The molecule has 0 aromatic carbocycles. The maximum atomic E-state index is 9.67. The Bertz CT molecular complexity index is 236. The van der Waals surface area contributed by atoms with Crippen LogP contribution >= 0.6 is 0 Å². The molecule has 0 bridgehead atoms. The predicted octanol–water partition coefficient (Wildman–Crippen LogP) is 1.60. The van der Waals surface area contributed by atoms with Crippen molar-refractivity contribution in [3.63, 3.8) is 0 Å². The molecule has 0 radical (unpaired) electrons. The van der Waals surface area contributed by atoms with Crippen molar-refractivity contribution in [1.29, 1.82) is 0 Å². The molecular formula is C18H39NO7. The zero-order valence-electron chi connectivity index (χ0n) is 16.7. The highest BCUT2D eigenvalue weighted by molar-refractivity contribution is 4.44. The molecule has 0 aromatic heterocycles. The van der Waals surface area contributed by atoms with Crippen LogP contribution in [0.25, 0.3) is 0 Å². The fourth-order valence-electron chi connectivity index (χ4n) is 1.82. The van der Waals surface area contributed by atoms with Crippen LogP contribution in [-0.4, -0.2) is 103 Å². The Morgan fingerprint density at radius 3 is 1.04 bits per heavy atom. The van der Waals surface area contributed by atoms with Crippen LogP contribution < -0.4 is 0 Å². The third-order valence-electron chi connectivity index (χ3n) is 3.17. The molecule has 0 saturated heterocycles. The van der Waals surface area contributed by atoms with Crippen molar-refractivity contribution in [2.75, 3.05) is 92.4 Å². The van der Waals surface area contributed by atoms with Crippen LogP contribution in [0.5, 0.6) is 0 Å². The second-order valence-corrected chi connectivity index (χ2v) is 5.63. The van der Waals surface area contributed by atoms with E-state index in [1.54, 1.807) is 0 Å². The van der Waals surface area contributed by atoms with Crippen LogP contribution in [0.3, 0.4) is 0 Å². The van der Waals surface area contributed by atoms with Crippen LogP contribution in [0.2, 0.25) is 0 Å². The third kappa shape index (κ3) is 21.7. The van der Waals surface area contributed by atoms with Crippen LogP contribution in [0, 0.1) is 0 Å². The van der Waals surface area contributed by atoms with Crippen LogP contribution in [0.4, 0.5) is 0 Å². The lowest BCUT2D eigenvalue weighted by Gasteiger charge is -2.15. The van der Waals surface area contributed by atoms with E-state index in [0.29, 0.717) is 79.2 Å². The number of ether oxygens (including phenoxy) is 6. The van der Waals surface area contributed by atoms with Crippen molar-refractivity contribution < 1.29 is 33.6 Å². The minimum atomic E-state index is 0.439. The smallest absolute Gasteiger partial charge is 0.0701 e. The molecule has 0 spiro atoms. The van der Waals surface area contributed by atoms with Gasteiger partial charge in [0, 0.05) is 26.3 Å². The van der Waals surface area contributed by atoms with Gasteiger partial charge in [-0.25, -0.2) is 0 Å². The van der Waals surface area contributed by atoms with Gasteiger partial charge in [0.15, 0.2) is 0 Å². The van der Waals surface area contributed by atoms with E-state index in [4.69, 9.17) is 28.4 Å². The van der Waals surface area contributed by atoms with Gasteiger partial charge >= 0.3 is 0 Å². The summed E-state index contributed by atoms with van der Waals surface area (Å²) >= 11 is 0. The van der Waals surface area contributed by atoms with Crippen molar-refractivity contribution in [3.05, 3.63) is 0 Å². The van der Waals surface area contributed by atoms with Gasteiger partial charge in [-0.05, 0) is 12.8 Å². The molecule has 0 aromatic rings. The molecule has 8 heteroatoms. The van der Waals surface area contributed by atoms with Gasteiger partial charge in [0.05, 0.1) is 66.1 Å². The summed E-state index contributed by atoms with van der Waals surface area (Å²) in [6.45, 7) is 12.0. The fraction of sp³-hybridized carbons (Fsp3) is 1.00. The first-order valence-corrected chi connectivity index (χ1v) is 9.71. The number of hydroxylamine groups is 2. The molecule has 0 rings (SSSR count). The Labute approximate surface area is 158 Å². The molecule has 1 N–H and O–H groups in total. The maximum Gasteiger partial charge on any atom is 0.0701 e. The first-order valence-electron chi connectivity index (χ1n) is 9.71. The fourth-order valence-corrected chi connectivity index (χ4v) is 1.82. The zero-order valence-corrected chi connectivity index (χ0v) is 16.7. The molecule has 0 aliphatic heterocycles. The van der Waals surface area contributed by atoms with Crippen LogP contribution in [0.15, 0.2) is 0 Å². The summed E-state index contributed by atoms with van der Waals surface area (Å²) < 4.78 is 32.1. The molecule has 0 saturated carbocycles. The van der Waals surface area contributed by atoms with Crippen LogP contribution in [0.1, 0.15) is 26.7 Å². The van der Waals surface area contributed by atoms with Crippen molar-refractivity contribution in [3.8, 4) is 0 Å². The van der Waals surface area contributed by atoms with Gasteiger partial charge in [0.2, 0.25) is 0 Å². The quantitative estimate of drug-likeness (QED) is 0.224.